The van der Waals surface area contributed by atoms with E-state index in [0.29, 0.717) is 5.75 Å². The second-order valence-electron chi connectivity index (χ2n) is 3.80. The number of Topliss-reactive ketones (excluding diaryl/α,β-unsaturated/α-hetero) is 1. The Morgan fingerprint density at radius 3 is 2.80 bits per heavy atom. The fourth-order valence-electron chi connectivity index (χ4n) is 1.54. The molecule has 1 aromatic carbocycles. The van der Waals surface area contributed by atoms with Gasteiger partial charge in [-0.05, 0) is 25.0 Å². The molecule has 1 aliphatic carbocycles. The Labute approximate surface area is 92.2 Å². The highest BCUT2D eigenvalue weighted by Gasteiger charge is 2.30. The molecule has 0 bridgehead atoms. The van der Waals surface area contributed by atoms with Gasteiger partial charge in [0.1, 0.15) is 0 Å². The SMILES string of the molecule is CCS(=O)c1cccc(C(=O)C2CC2)c1. The molecule has 2 nitrogen and oxygen atoms in total. The number of hydrogen-bond acceptors (Lipinski definition) is 2. The third-order valence-electron chi connectivity index (χ3n) is 2.59. The molecule has 0 amide bonds. The first kappa shape index (κ1) is 10.6. The van der Waals surface area contributed by atoms with Crippen LogP contribution in [0.3, 0.4) is 0 Å². The van der Waals surface area contributed by atoms with Gasteiger partial charge < -0.3 is 0 Å². The summed E-state index contributed by atoms with van der Waals surface area (Å²) in [4.78, 5) is 12.5. The van der Waals surface area contributed by atoms with E-state index in [2.05, 4.69) is 0 Å². The van der Waals surface area contributed by atoms with E-state index < -0.39 is 10.8 Å². The Hall–Kier alpha value is -0.960. The molecule has 15 heavy (non-hydrogen) atoms. The van der Waals surface area contributed by atoms with Gasteiger partial charge in [-0.2, -0.15) is 0 Å². The Kier molecular flexibility index (Phi) is 3.00. The summed E-state index contributed by atoms with van der Waals surface area (Å²) in [6.07, 6.45) is 2.03. The molecule has 1 unspecified atom stereocenters. The summed E-state index contributed by atoms with van der Waals surface area (Å²) < 4.78 is 11.6. The molecule has 0 spiro atoms. The Morgan fingerprint density at radius 2 is 2.20 bits per heavy atom. The summed E-state index contributed by atoms with van der Waals surface area (Å²) in [5, 5.41) is 0. The molecule has 0 radical (unpaired) electrons. The summed E-state index contributed by atoms with van der Waals surface area (Å²) in [5.41, 5.74) is 0.719. The quantitative estimate of drug-likeness (QED) is 0.733. The Balaban J connectivity index is 2.25. The van der Waals surface area contributed by atoms with Crippen LogP contribution >= 0.6 is 0 Å². The van der Waals surface area contributed by atoms with Crippen LogP contribution in [0.2, 0.25) is 0 Å². The molecule has 80 valence electrons. The van der Waals surface area contributed by atoms with Crippen molar-refractivity contribution in [3.8, 4) is 0 Å². The average molecular weight is 222 g/mol. The molecular formula is C12H14O2S. The van der Waals surface area contributed by atoms with E-state index in [1.165, 1.54) is 0 Å². The van der Waals surface area contributed by atoms with E-state index in [1.807, 2.05) is 25.1 Å². The Bertz CT molecular complexity index is 408. The third-order valence-corrected chi connectivity index (χ3v) is 3.90. The summed E-state index contributed by atoms with van der Waals surface area (Å²) in [7, 11) is -0.962. The van der Waals surface area contributed by atoms with Crippen molar-refractivity contribution in [2.45, 2.75) is 24.7 Å². The molecule has 1 aromatic rings. The Morgan fingerprint density at radius 1 is 1.47 bits per heavy atom. The lowest BCUT2D eigenvalue weighted by Crippen LogP contribution is -2.03. The zero-order chi connectivity index (χ0) is 10.8. The average Bonchev–Trinajstić information content (AvgIpc) is 3.11. The van der Waals surface area contributed by atoms with Gasteiger partial charge in [-0.1, -0.05) is 19.1 Å². The lowest BCUT2D eigenvalue weighted by atomic mass is 10.1. The molecule has 3 heteroatoms. The first-order valence-electron chi connectivity index (χ1n) is 5.25. The minimum atomic E-state index is -0.962. The van der Waals surface area contributed by atoms with Gasteiger partial charge in [-0.25, -0.2) is 0 Å². The number of benzene rings is 1. The molecule has 0 saturated heterocycles. The fourth-order valence-corrected chi connectivity index (χ4v) is 2.36. The number of carbonyl (C=O) groups is 1. The van der Waals surface area contributed by atoms with Crippen molar-refractivity contribution < 1.29 is 9.00 Å². The molecule has 0 aliphatic heterocycles. The van der Waals surface area contributed by atoms with Crippen LogP contribution in [0.25, 0.3) is 0 Å². The molecule has 0 aromatic heterocycles. The fraction of sp³-hybridized carbons (Fsp3) is 0.417. The summed E-state index contributed by atoms with van der Waals surface area (Å²) in [6.45, 7) is 1.88. The van der Waals surface area contributed by atoms with Crippen molar-refractivity contribution in [3.63, 3.8) is 0 Å². The highest BCUT2D eigenvalue weighted by atomic mass is 32.2. The van der Waals surface area contributed by atoms with Crippen molar-refractivity contribution in [2.24, 2.45) is 5.92 Å². The van der Waals surface area contributed by atoms with E-state index in [9.17, 15) is 9.00 Å². The summed E-state index contributed by atoms with van der Waals surface area (Å²) in [6, 6.07) is 7.24. The van der Waals surface area contributed by atoms with Crippen LogP contribution in [0.1, 0.15) is 30.1 Å². The molecule has 1 saturated carbocycles. The molecule has 1 fully saturated rings. The number of carbonyl (C=O) groups excluding carboxylic acids is 1. The van der Waals surface area contributed by atoms with Crippen LogP contribution in [0.4, 0.5) is 0 Å². The number of rotatable bonds is 4. The van der Waals surface area contributed by atoms with E-state index in [4.69, 9.17) is 0 Å². The highest BCUT2D eigenvalue weighted by Crippen LogP contribution is 2.32. The predicted molar refractivity (Wildman–Crippen MR) is 60.4 cm³/mol. The zero-order valence-corrected chi connectivity index (χ0v) is 9.55. The van der Waals surface area contributed by atoms with Crippen molar-refractivity contribution in [3.05, 3.63) is 29.8 Å². The second-order valence-corrected chi connectivity index (χ2v) is 5.54. The van der Waals surface area contributed by atoms with Gasteiger partial charge in [0, 0.05) is 22.1 Å². The monoisotopic (exact) mass is 222 g/mol. The van der Waals surface area contributed by atoms with Gasteiger partial charge in [-0.3, -0.25) is 9.00 Å². The molecule has 1 atom stereocenters. The van der Waals surface area contributed by atoms with Crippen LogP contribution in [-0.4, -0.2) is 15.7 Å². The van der Waals surface area contributed by atoms with Crippen LogP contribution in [0, 0.1) is 5.92 Å². The standard InChI is InChI=1S/C12H14O2S/c1-2-15(14)11-5-3-4-10(8-11)12(13)9-6-7-9/h3-5,8-9H,2,6-7H2,1H3. The number of ketones is 1. The topological polar surface area (TPSA) is 34.1 Å². The third kappa shape index (κ3) is 2.34. The molecule has 0 heterocycles. The van der Waals surface area contributed by atoms with Gasteiger partial charge >= 0.3 is 0 Å². The lowest BCUT2D eigenvalue weighted by molar-refractivity contribution is 0.0967. The van der Waals surface area contributed by atoms with Crippen LogP contribution < -0.4 is 0 Å². The first-order valence-corrected chi connectivity index (χ1v) is 6.57. The molecule has 0 N–H and O–H groups in total. The summed E-state index contributed by atoms with van der Waals surface area (Å²) >= 11 is 0. The van der Waals surface area contributed by atoms with E-state index in [-0.39, 0.29) is 11.7 Å². The van der Waals surface area contributed by atoms with Gasteiger partial charge in [0.25, 0.3) is 0 Å². The second kappa shape index (κ2) is 4.27. The van der Waals surface area contributed by atoms with Crippen molar-refractivity contribution in [1.29, 1.82) is 0 Å². The molecule has 1 aliphatic rings. The van der Waals surface area contributed by atoms with Crippen molar-refractivity contribution in [2.75, 3.05) is 5.75 Å². The van der Waals surface area contributed by atoms with Crippen molar-refractivity contribution >= 4 is 16.6 Å². The maximum Gasteiger partial charge on any atom is 0.165 e. The van der Waals surface area contributed by atoms with E-state index in [0.717, 1.165) is 23.3 Å². The summed E-state index contributed by atoms with van der Waals surface area (Å²) in [5.74, 6) is 1.04. The maximum absolute atomic E-state index is 11.8. The van der Waals surface area contributed by atoms with Crippen molar-refractivity contribution in [1.82, 2.24) is 0 Å². The zero-order valence-electron chi connectivity index (χ0n) is 8.73. The maximum atomic E-state index is 11.8. The highest BCUT2D eigenvalue weighted by molar-refractivity contribution is 7.85. The smallest absolute Gasteiger partial charge is 0.165 e. The van der Waals surface area contributed by atoms with Gasteiger partial charge in [0.2, 0.25) is 0 Å². The van der Waals surface area contributed by atoms with Crippen LogP contribution in [-0.2, 0) is 10.8 Å². The first-order chi connectivity index (χ1) is 7.22. The van der Waals surface area contributed by atoms with Crippen LogP contribution in [0.5, 0.6) is 0 Å². The van der Waals surface area contributed by atoms with Gasteiger partial charge in [-0.15, -0.1) is 0 Å². The van der Waals surface area contributed by atoms with E-state index in [1.54, 1.807) is 6.07 Å². The van der Waals surface area contributed by atoms with Gasteiger partial charge in [0.05, 0.1) is 10.8 Å². The molecular weight excluding hydrogens is 208 g/mol. The minimum Gasteiger partial charge on any atom is -0.294 e. The predicted octanol–water partition coefficient (Wildman–Crippen LogP) is 2.41. The number of hydrogen-bond donors (Lipinski definition) is 0. The van der Waals surface area contributed by atoms with E-state index >= 15 is 0 Å². The van der Waals surface area contributed by atoms with Gasteiger partial charge in [0.15, 0.2) is 5.78 Å². The molecule has 2 rings (SSSR count). The minimum absolute atomic E-state index is 0.213. The largest absolute Gasteiger partial charge is 0.294 e. The normalized spacial score (nSPS) is 17.4. The lowest BCUT2D eigenvalue weighted by Gasteiger charge is -2.02. The van der Waals surface area contributed by atoms with Crippen LogP contribution in [0.15, 0.2) is 29.2 Å².